The van der Waals surface area contributed by atoms with E-state index in [1.165, 1.54) is 91.3 Å². The average Bonchev–Trinajstić information content (AvgIpc) is 3.86. The Morgan fingerprint density at radius 2 is 0.955 bits per heavy atom. The van der Waals surface area contributed by atoms with E-state index in [-0.39, 0.29) is 53.7 Å². The van der Waals surface area contributed by atoms with Crippen LogP contribution >= 0.6 is 0 Å². The van der Waals surface area contributed by atoms with Crippen molar-refractivity contribution in [1.82, 2.24) is 0 Å². The first kappa shape index (κ1) is 57.6. The van der Waals surface area contributed by atoms with Crippen LogP contribution in [0.5, 0.6) is 0 Å². The molecule has 8 rings (SSSR count). The monoisotopic (exact) mass is 953 g/mol. The summed E-state index contributed by atoms with van der Waals surface area (Å²) in [6, 6.07) is 0. The maximum Gasteiger partial charge on any atom is 1.00 e. The number of ether oxygens (including phenoxy) is 6. The van der Waals surface area contributed by atoms with Crippen molar-refractivity contribution in [2.24, 2.45) is 98.6 Å². The van der Waals surface area contributed by atoms with Crippen molar-refractivity contribution in [3.63, 3.8) is 0 Å². The van der Waals surface area contributed by atoms with Crippen LogP contribution in [-0.2, 0) is 38.0 Å². The van der Waals surface area contributed by atoms with Crippen molar-refractivity contribution in [3.05, 3.63) is 0 Å². The van der Waals surface area contributed by atoms with Crippen molar-refractivity contribution in [1.29, 1.82) is 0 Å². The van der Waals surface area contributed by atoms with Crippen LogP contribution in [0.3, 0.4) is 0 Å². The van der Waals surface area contributed by atoms with Gasteiger partial charge in [-0.2, -0.15) is 7.11 Å². The molecule has 0 aromatic carbocycles. The molecule has 0 aromatic heterocycles. The Morgan fingerprint density at radius 1 is 0.567 bits per heavy atom. The largest absolute Gasteiger partial charge is 1.00 e. The van der Waals surface area contributed by atoms with Crippen LogP contribution in [0, 0.1) is 98.6 Å². The Kier molecular flexibility index (Phi) is 21.2. The second kappa shape index (κ2) is 24.6. The molecule has 0 aliphatic heterocycles. The minimum Gasteiger partial charge on any atom is -0.857 e. The van der Waals surface area contributed by atoms with Gasteiger partial charge in [-0.15, -0.1) is 0 Å². The van der Waals surface area contributed by atoms with Gasteiger partial charge in [-0.1, -0.05) is 54.9 Å². The molecule has 11 heteroatoms. The van der Waals surface area contributed by atoms with Gasteiger partial charge in [-0.3, -0.25) is 9.59 Å². The van der Waals surface area contributed by atoms with Gasteiger partial charge in [-0.05, 0) is 208 Å². The Hall–Kier alpha value is -0.300. The minimum absolute atomic E-state index is 0. The molecule has 0 spiro atoms. The molecule has 8 aliphatic rings. The molecular weight excluding hydrogens is 856 g/mol. The zero-order valence-corrected chi connectivity index (χ0v) is 46.9. The van der Waals surface area contributed by atoms with E-state index in [4.69, 9.17) is 33.5 Å². The second-order valence-corrected chi connectivity index (χ2v) is 24.6. The molecule has 10 nitrogen and oxygen atoms in total. The van der Waals surface area contributed by atoms with Crippen LogP contribution in [0.25, 0.3) is 0 Å². The molecule has 8 fully saturated rings. The van der Waals surface area contributed by atoms with E-state index in [1.54, 1.807) is 14.2 Å². The molecule has 8 saturated carbocycles. The third kappa shape index (κ3) is 11.6. The SMILES string of the molecule is COCO[C@H]1C[C@@H]2C[C@H](C)CC[C@]2(C)C2CC[C@@]3(C)C(CC[C@@H]3[C@H](C)CCC(=O)OC)C21.COCO[C@H]1C[C@@H]2C[C@H](O)CC[C@]2(C)C2CC[C@@]3(C)C(CC[C@@H]3[C@H](C)CCC(=O)OC)C21.C[O-].[Na+]. The second-order valence-electron chi connectivity index (χ2n) is 24.6. The summed E-state index contributed by atoms with van der Waals surface area (Å²) >= 11 is 0. The Morgan fingerprint density at radius 3 is 1.37 bits per heavy atom. The van der Waals surface area contributed by atoms with Crippen LogP contribution in [-0.4, -0.2) is 84.5 Å². The Balaban J connectivity index is 0.000000238. The summed E-state index contributed by atoms with van der Waals surface area (Å²) in [5.74, 6) is 8.67. The minimum atomic E-state index is -0.145. The third-order valence-electron chi connectivity index (χ3n) is 21.9. The molecule has 0 radical (unpaired) electrons. The topological polar surface area (TPSA) is 133 Å². The van der Waals surface area contributed by atoms with Crippen LogP contribution in [0.1, 0.15) is 177 Å². The normalized spacial score (nSPS) is 44.6. The van der Waals surface area contributed by atoms with Gasteiger partial charge in [0.1, 0.15) is 13.6 Å². The van der Waals surface area contributed by atoms with Gasteiger partial charge >= 0.3 is 41.5 Å². The van der Waals surface area contributed by atoms with Crippen LogP contribution in [0.15, 0.2) is 0 Å². The summed E-state index contributed by atoms with van der Waals surface area (Å²) in [5, 5.41) is 18.7. The predicted molar refractivity (Wildman–Crippen MR) is 257 cm³/mol. The van der Waals surface area contributed by atoms with Gasteiger partial charge in [-0.25, -0.2) is 0 Å². The first-order chi connectivity index (χ1) is 31.5. The van der Waals surface area contributed by atoms with Crippen molar-refractivity contribution < 1.29 is 77.8 Å². The molecule has 382 valence electrons. The third-order valence-corrected chi connectivity index (χ3v) is 21.9. The molecule has 20 atom stereocenters. The molecule has 0 heterocycles. The van der Waals surface area contributed by atoms with Gasteiger partial charge in [0.2, 0.25) is 0 Å². The van der Waals surface area contributed by atoms with E-state index in [9.17, 15) is 14.7 Å². The summed E-state index contributed by atoms with van der Waals surface area (Å²) in [5.41, 5.74) is 1.51. The van der Waals surface area contributed by atoms with E-state index < -0.39 is 0 Å². The van der Waals surface area contributed by atoms with Crippen LogP contribution in [0.4, 0.5) is 0 Å². The van der Waals surface area contributed by atoms with E-state index in [2.05, 4.69) is 48.5 Å². The van der Waals surface area contributed by atoms with Gasteiger partial charge in [0.25, 0.3) is 0 Å². The van der Waals surface area contributed by atoms with Gasteiger partial charge in [0, 0.05) is 27.1 Å². The van der Waals surface area contributed by atoms with E-state index in [1.807, 2.05) is 0 Å². The number of rotatable bonds is 14. The maximum atomic E-state index is 11.8. The summed E-state index contributed by atoms with van der Waals surface area (Å²) in [6.07, 6.45) is 23.3. The zero-order valence-electron chi connectivity index (χ0n) is 44.9. The first-order valence-electron chi connectivity index (χ1n) is 26.9. The maximum absolute atomic E-state index is 11.8. The predicted octanol–water partition coefficient (Wildman–Crippen LogP) is 7.64. The zero-order chi connectivity index (χ0) is 48.2. The summed E-state index contributed by atoms with van der Waals surface area (Å²) < 4.78 is 33.5. The van der Waals surface area contributed by atoms with Crippen molar-refractivity contribution >= 4 is 11.9 Å². The number of hydrogen-bond acceptors (Lipinski definition) is 10. The molecule has 0 saturated heterocycles. The standard InChI is InChI=1S/C28H48O4.C27H46O5.CH3O.Na/c1-18-11-13-27(3)20(15-18)16-24(32-17-30-5)26-22-9-8-21(19(2)7-10-25(29)31-6)28(22,4)14-12-23(26)27;1-17(6-9-24(29)31-5)20-7-8-21-25-22(11-13-27(20,21)3)26(2)12-10-19(28)14-18(26)15-23(25)32-16-30-4;1-2;/h18-24,26H,7-17H2,1-6H3;17-23,25,28H,6-16H2,1-5H3;1H3;/q;;-1;+1/t18-,19-,20+,21-,22?,23?,24+,26?,27+,28-;17-,18+,19-,20-,21?,22?,23+,25?,26+,27-;;/m11../s1. The number of hydrogen-bond donors (Lipinski definition) is 1. The summed E-state index contributed by atoms with van der Waals surface area (Å²) in [7, 11) is 7.22. The van der Waals surface area contributed by atoms with Crippen LogP contribution in [0.2, 0.25) is 0 Å². The number of fused-ring (bicyclic) bond motifs is 10. The summed E-state index contributed by atoms with van der Waals surface area (Å²) in [4.78, 5) is 23.5. The smallest absolute Gasteiger partial charge is 0.857 e. The Bertz CT molecular complexity index is 1450. The van der Waals surface area contributed by atoms with E-state index in [0.29, 0.717) is 107 Å². The van der Waals surface area contributed by atoms with E-state index >= 15 is 0 Å². The number of aliphatic hydroxyl groups excluding tert-OH is 1. The molecule has 0 amide bonds. The van der Waals surface area contributed by atoms with Crippen molar-refractivity contribution in [2.75, 3.05) is 49.1 Å². The fourth-order valence-corrected chi connectivity index (χ4v) is 18.5. The number of aliphatic hydroxyl groups is 1. The molecule has 67 heavy (non-hydrogen) atoms. The quantitative estimate of drug-likeness (QED) is 0.105. The number of esters is 2. The fourth-order valence-electron chi connectivity index (χ4n) is 18.5. The first-order valence-corrected chi connectivity index (χ1v) is 26.9. The Labute approximate surface area is 430 Å². The molecule has 0 bridgehead atoms. The van der Waals surface area contributed by atoms with Crippen molar-refractivity contribution in [2.45, 2.75) is 195 Å². The van der Waals surface area contributed by atoms with Crippen molar-refractivity contribution in [3.8, 4) is 0 Å². The van der Waals surface area contributed by atoms with Crippen LogP contribution < -0.4 is 34.7 Å². The molecule has 8 aliphatic carbocycles. The fraction of sp³-hybridized carbons (Fsp3) is 0.964. The molecule has 6 unspecified atom stereocenters. The molecule has 1 N–H and O–H groups in total. The van der Waals surface area contributed by atoms with Gasteiger partial charge < -0.3 is 38.6 Å². The summed E-state index contributed by atoms with van der Waals surface area (Å²) in [6.45, 7) is 18.3. The van der Waals surface area contributed by atoms with Gasteiger partial charge in [0.05, 0.1) is 32.5 Å². The number of carbonyl (C=O) groups excluding carboxylic acids is 2. The van der Waals surface area contributed by atoms with E-state index in [0.717, 1.165) is 69.3 Å². The number of methoxy groups -OCH3 is 4. The number of carbonyl (C=O) groups is 2. The van der Waals surface area contributed by atoms with Gasteiger partial charge in [0.15, 0.2) is 0 Å². The molecule has 0 aromatic rings. The average molecular weight is 953 g/mol. The molecular formula is C56H97NaO10.